The van der Waals surface area contributed by atoms with Crippen molar-refractivity contribution in [2.75, 3.05) is 31.9 Å². The van der Waals surface area contributed by atoms with E-state index in [1.54, 1.807) is 29.7 Å². The van der Waals surface area contributed by atoms with Crippen LogP contribution >= 0.6 is 0 Å². The zero-order chi connectivity index (χ0) is 27.0. The van der Waals surface area contributed by atoms with E-state index in [4.69, 9.17) is 10.7 Å². The number of nitrogen functional groups attached to an aromatic ring is 1. The van der Waals surface area contributed by atoms with E-state index >= 15 is 4.39 Å². The molecule has 0 spiro atoms. The normalized spacial score (nSPS) is 18.5. The number of likely N-dealkylation sites (tertiary alicyclic amines) is 2. The van der Waals surface area contributed by atoms with E-state index in [9.17, 15) is 4.79 Å². The Morgan fingerprint density at radius 3 is 2.44 bits per heavy atom. The molecule has 0 unspecified atom stereocenters. The van der Waals surface area contributed by atoms with Gasteiger partial charge in [0.05, 0.1) is 0 Å². The third-order valence-electron chi connectivity index (χ3n) is 7.95. The Morgan fingerprint density at radius 1 is 1.03 bits per heavy atom. The van der Waals surface area contributed by atoms with Gasteiger partial charge in [0.15, 0.2) is 17.1 Å². The van der Waals surface area contributed by atoms with Crippen LogP contribution < -0.4 is 5.73 Å². The molecule has 202 valence electrons. The van der Waals surface area contributed by atoms with Crippen molar-refractivity contribution in [2.45, 2.75) is 50.9 Å². The fraction of sp³-hybridized carbons (Fsp3) is 0.429. The van der Waals surface area contributed by atoms with Gasteiger partial charge in [0.25, 0.3) is 5.91 Å². The highest BCUT2D eigenvalue weighted by molar-refractivity contribution is 5.85. The van der Waals surface area contributed by atoms with Crippen molar-refractivity contribution >= 4 is 23.0 Å². The number of rotatable bonds is 5. The molecule has 0 aliphatic carbocycles. The number of hydrogen-bond acceptors (Lipinski definition) is 8. The van der Waals surface area contributed by atoms with E-state index in [-0.39, 0.29) is 30.7 Å². The number of carbonyl (C=O) groups excluding carboxylic acids is 1. The molecule has 6 heterocycles. The lowest BCUT2D eigenvalue weighted by Crippen LogP contribution is -2.53. The predicted molar refractivity (Wildman–Crippen MR) is 145 cm³/mol. The first kappa shape index (κ1) is 25.3. The smallest absolute Gasteiger partial charge is 0.260 e. The average molecular weight is 530 g/mol. The van der Waals surface area contributed by atoms with Crippen molar-refractivity contribution in [3.63, 3.8) is 0 Å². The molecule has 0 atom stereocenters. The molecule has 2 aliphatic heterocycles. The number of nitrogens with zero attached hydrogens (tertiary/aromatic N) is 8. The van der Waals surface area contributed by atoms with E-state index in [0.29, 0.717) is 45.6 Å². The van der Waals surface area contributed by atoms with Crippen molar-refractivity contribution in [3.8, 4) is 11.5 Å². The van der Waals surface area contributed by atoms with E-state index in [1.807, 2.05) is 31.2 Å². The molecule has 0 bridgehead atoms. The van der Waals surface area contributed by atoms with Gasteiger partial charge < -0.3 is 15.2 Å². The molecule has 6 rings (SSSR count). The Balaban J connectivity index is 1.13. The molecule has 0 radical (unpaired) electrons. The lowest BCUT2D eigenvalue weighted by molar-refractivity contribution is -0.148. The number of imidazole rings is 1. The highest BCUT2D eigenvalue weighted by Crippen LogP contribution is 2.35. The summed E-state index contributed by atoms with van der Waals surface area (Å²) < 4.78 is 18.1. The first-order chi connectivity index (χ1) is 18.9. The van der Waals surface area contributed by atoms with Crippen molar-refractivity contribution in [1.82, 2.24) is 39.3 Å². The largest absolute Gasteiger partial charge is 0.368 e. The number of carbonyl (C=O) groups is 1. The summed E-state index contributed by atoms with van der Waals surface area (Å²) in [5.41, 5.74) is 8.14. The van der Waals surface area contributed by atoms with E-state index in [2.05, 4.69) is 29.4 Å². The molecule has 39 heavy (non-hydrogen) atoms. The second-order valence-electron chi connectivity index (χ2n) is 10.5. The maximum absolute atomic E-state index is 15.9. The molecule has 2 fully saturated rings. The highest BCUT2D eigenvalue weighted by atomic mass is 19.1. The number of piperidine rings is 2. The van der Waals surface area contributed by atoms with Gasteiger partial charge in [-0.1, -0.05) is 6.07 Å². The van der Waals surface area contributed by atoms with E-state index < -0.39 is 5.67 Å². The number of pyridine rings is 2. The van der Waals surface area contributed by atoms with Crippen LogP contribution in [0.5, 0.6) is 0 Å². The minimum Gasteiger partial charge on any atom is -0.368 e. The van der Waals surface area contributed by atoms with Crippen LogP contribution in [0, 0.1) is 6.92 Å². The number of aryl methyl sites for hydroxylation is 1. The molecule has 0 saturated carbocycles. The third-order valence-corrected chi connectivity index (χ3v) is 7.95. The van der Waals surface area contributed by atoms with Gasteiger partial charge in [-0.15, -0.1) is 0 Å². The molecule has 2 aliphatic rings. The summed E-state index contributed by atoms with van der Waals surface area (Å²) in [4.78, 5) is 39.4. The second kappa shape index (κ2) is 10.3. The molecule has 2 N–H and O–H groups in total. The van der Waals surface area contributed by atoms with Crippen LogP contribution in [0.4, 0.5) is 10.3 Å². The molecule has 2 saturated heterocycles. The van der Waals surface area contributed by atoms with Gasteiger partial charge in [-0.2, -0.15) is 0 Å². The first-order valence-electron chi connectivity index (χ1n) is 13.4. The maximum Gasteiger partial charge on any atom is 0.260 e. The lowest BCUT2D eigenvalue weighted by atomic mass is 9.90. The summed E-state index contributed by atoms with van der Waals surface area (Å²) in [6.07, 6.45) is 8.69. The molecular weight excluding hydrogens is 497 g/mol. The van der Waals surface area contributed by atoms with Gasteiger partial charge in [0.2, 0.25) is 5.95 Å². The average Bonchev–Trinajstić information content (AvgIpc) is 3.35. The summed E-state index contributed by atoms with van der Waals surface area (Å²) in [6, 6.07) is 7.86. The van der Waals surface area contributed by atoms with Crippen LogP contribution in [0.15, 0.2) is 49.1 Å². The van der Waals surface area contributed by atoms with Gasteiger partial charge in [0.1, 0.15) is 11.2 Å². The Morgan fingerprint density at radius 2 is 1.72 bits per heavy atom. The van der Waals surface area contributed by atoms with Crippen LogP contribution in [-0.2, 0) is 11.3 Å². The van der Waals surface area contributed by atoms with Gasteiger partial charge in [-0.25, -0.2) is 24.3 Å². The standard InChI is InChI=1S/C28H32FN9O/c1-19-4-2-10-31-23(19)25-35-22-5-3-11-32-24(22)38(25)21-6-12-37(13-7-21)26(39)28(29)8-14-36(15-9-28)18-20-16-33-27(30)34-17-20/h2-5,10-11,16-17,21H,6-9,12-15,18H2,1H3,(H2,30,33,34). The van der Waals surface area contributed by atoms with Crippen LogP contribution in [0.25, 0.3) is 22.7 Å². The summed E-state index contributed by atoms with van der Waals surface area (Å²) in [5, 5.41) is 0. The van der Waals surface area contributed by atoms with Gasteiger partial charge in [-0.05, 0) is 43.5 Å². The van der Waals surface area contributed by atoms with Crippen molar-refractivity contribution in [2.24, 2.45) is 0 Å². The number of amides is 1. The quantitative estimate of drug-likeness (QED) is 0.418. The topological polar surface area (TPSA) is 119 Å². The number of hydrogen-bond donors (Lipinski definition) is 1. The Bertz CT molecular complexity index is 1470. The third kappa shape index (κ3) is 4.94. The Labute approximate surface area is 226 Å². The Hall–Kier alpha value is -3.99. The molecule has 11 heteroatoms. The highest BCUT2D eigenvalue weighted by Gasteiger charge is 2.45. The zero-order valence-corrected chi connectivity index (χ0v) is 22.0. The molecule has 1 amide bonds. The van der Waals surface area contributed by atoms with Gasteiger partial charge >= 0.3 is 0 Å². The van der Waals surface area contributed by atoms with Crippen LogP contribution in [0.1, 0.15) is 42.9 Å². The molecule has 4 aromatic heterocycles. The van der Waals surface area contributed by atoms with Crippen LogP contribution in [-0.4, -0.2) is 77.0 Å². The van der Waals surface area contributed by atoms with Crippen molar-refractivity contribution in [3.05, 3.63) is 60.2 Å². The van der Waals surface area contributed by atoms with Crippen molar-refractivity contribution < 1.29 is 9.18 Å². The van der Waals surface area contributed by atoms with E-state index in [1.165, 1.54) is 0 Å². The van der Waals surface area contributed by atoms with Crippen LogP contribution in [0.3, 0.4) is 0 Å². The summed E-state index contributed by atoms with van der Waals surface area (Å²) in [5.74, 6) is 0.633. The molecule has 10 nitrogen and oxygen atoms in total. The molecule has 4 aromatic rings. The predicted octanol–water partition coefficient (Wildman–Crippen LogP) is 3.34. The number of nitrogens with two attached hydrogens (primary N) is 1. The second-order valence-corrected chi connectivity index (χ2v) is 10.5. The minimum absolute atomic E-state index is 0.0879. The minimum atomic E-state index is -1.83. The zero-order valence-electron chi connectivity index (χ0n) is 22.0. The van der Waals surface area contributed by atoms with E-state index in [0.717, 1.165) is 33.8 Å². The maximum atomic E-state index is 15.9. The van der Waals surface area contributed by atoms with Crippen molar-refractivity contribution in [1.29, 1.82) is 0 Å². The number of aromatic nitrogens is 6. The monoisotopic (exact) mass is 529 g/mol. The number of halogens is 1. The number of anilines is 1. The SMILES string of the molecule is Cc1cccnc1-c1nc2cccnc2n1C1CCN(C(=O)C2(F)CCN(Cc3cnc(N)nc3)CC2)CC1. The fourth-order valence-corrected chi connectivity index (χ4v) is 5.76. The summed E-state index contributed by atoms with van der Waals surface area (Å²) in [7, 11) is 0. The number of alkyl halides is 1. The Kier molecular flexibility index (Phi) is 6.68. The van der Waals surface area contributed by atoms with Gasteiger partial charge in [0, 0.05) is 82.0 Å². The summed E-state index contributed by atoms with van der Waals surface area (Å²) >= 11 is 0. The fourth-order valence-electron chi connectivity index (χ4n) is 5.76. The van der Waals surface area contributed by atoms with Gasteiger partial charge in [-0.3, -0.25) is 14.7 Å². The number of fused-ring (bicyclic) bond motifs is 1. The molecule has 0 aromatic carbocycles. The summed E-state index contributed by atoms with van der Waals surface area (Å²) in [6.45, 7) is 4.63. The van der Waals surface area contributed by atoms with Crippen LogP contribution in [0.2, 0.25) is 0 Å². The first-order valence-corrected chi connectivity index (χ1v) is 13.4. The lowest BCUT2D eigenvalue weighted by Gasteiger charge is -2.40. The molecular formula is C28H32FN9O.